The number of benzene rings is 3. The zero-order chi connectivity index (χ0) is 21.3. The van der Waals surface area contributed by atoms with Gasteiger partial charge in [0.2, 0.25) is 0 Å². The van der Waals surface area contributed by atoms with E-state index in [1.54, 1.807) is 4.90 Å². The first-order chi connectivity index (χ1) is 14.4. The fourth-order valence-electron chi connectivity index (χ4n) is 3.59. The smallest absolute Gasteiger partial charge is 0.258 e. The summed E-state index contributed by atoms with van der Waals surface area (Å²) in [5, 5.41) is 0.940. The maximum Gasteiger partial charge on any atom is 0.258 e. The van der Waals surface area contributed by atoms with E-state index >= 15 is 0 Å². The summed E-state index contributed by atoms with van der Waals surface area (Å²) in [4.78, 5) is 30.8. The van der Waals surface area contributed by atoms with E-state index in [2.05, 4.69) is 4.98 Å². The van der Waals surface area contributed by atoms with Crippen LogP contribution in [-0.2, 0) is 6.54 Å². The topological polar surface area (TPSA) is 53.2 Å². The molecule has 4 aromatic rings. The molecule has 4 rings (SSSR count). The Morgan fingerprint density at radius 3 is 2.43 bits per heavy atom. The van der Waals surface area contributed by atoms with Crippen molar-refractivity contribution in [2.45, 2.75) is 27.3 Å². The van der Waals surface area contributed by atoms with Crippen LogP contribution in [0.25, 0.3) is 10.9 Å². The van der Waals surface area contributed by atoms with Crippen molar-refractivity contribution in [3.8, 4) is 0 Å². The van der Waals surface area contributed by atoms with Crippen molar-refractivity contribution in [3.05, 3.63) is 111 Å². The number of aryl methyl sites for hydroxylation is 3. The van der Waals surface area contributed by atoms with Crippen LogP contribution in [0, 0.1) is 20.8 Å². The van der Waals surface area contributed by atoms with Crippen LogP contribution in [0.4, 0.5) is 5.69 Å². The van der Waals surface area contributed by atoms with Crippen LogP contribution in [0.5, 0.6) is 0 Å². The highest BCUT2D eigenvalue weighted by atomic mass is 16.2. The van der Waals surface area contributed by atoms with Crippen molar-refractivity contribution >= 4 is 22.5 Å². The van der Waals surface area contributed by atoms with Gasteiger partial charge in [0.1, 0.15) is 0 Å². The molecule has 4 nitrogen and oxygen atoms in total. The molecule has 4 heteroatoms. The minimum atomic E-state index is -0.181. The van der Waals surface area contributed by atoms with Crippen LogP contribution in [0.3, 0.4) is 0 Å². The van der Waals surface area contributed by atoms with Crippen molar-refractivity contribution in [3.63, 3.8) is 0 Å². The summed E-state index contributed by atoms with van der Waals surface area (Å²) in [6.07, 6.45) is 0. The third-order valence-corrected chi connectivity index (χ3v) is 5.47. The second-order valence-electron chi connectivity index (χ2n) is 7.74. The maximum atomic E-state index is 13.5. The number of hydrogen-bond acceptors (Lipinski definition) is 2. The summed E-state index contributed by atoms with van der Waals surface area (Å²) in [6, 6.07) is 23.0. The molecular weight excluding hydrogens is 372 g/mol. The molecular formula is C26H24N2O2. The van der Waals surface area contributed by atoms with E-state index in [9.17, 15) is 9.59 Å². The first kappa shape index (κ1) is 19.6. The molecule has 0 saturated carbocycles. The Labute approximate surface area is 175 Å². The second-order valence-corrected chi connectivity index (χ2v) is 7.74. The van der Waals surface area contributed by atoms with Crippen LogP contribution in [0.15, 0.2) is 77.6 Å². The number of nitrogens with one attached hydrogen (secondary N) is 1. The van der Waals surface area contributed by atoms with Gasteiger partial charge in [-0.25, -0.2) is 0 Å². The highest BCUT2D eigenvalue weighted by Crippen LogP contribution is 2.23. The molecule has 0 atom stereocenters. The van der Waals surface area contributed by atoms with Crippen LogP contribution in [-0.4, -0.2) is 10.9 Å². The van der Waals surface area contributed by atoms with Gasteiger partial charge in [-0.05, 0) is 73.7 Å². The number of fused-ring (bicyclic) bond motifs is 1. The molecule has 0 fully saturated rings. The molecule has 0 saturated heterocycles. The Bertz CT molecular complexity index is 1300. The van der Waals surface area contributed by atoms with Crippen LogP contribution in [0.1, 0.15) is 32.6 Å². The number of H-pyrrole nitrogens is 1. The van der Waals surface area contributed by atoms with E-state index in [1.165, 1.54) is 0 Å². The average Bonchev–Trinajstić information content (AvgIpc) is 2.74. The number of para-hydroxylation sites is 1. The summed E-state index contributed by atoms with van der Waals surface area (Å²) in [5.74, 6) is -0.130. The Hall–Kier alpha value is -3.66. The minimum Gasteiger partial charge on any atom is -0.322 e. The summed E-state index contributed by atoms with van der Waals surface area (Å²) >= 11 is 0. The summed E-state index contributed by atoms with van der Waals surface area (Å²) in [7, 11) is 0. The van der Waals surface area contributed by atoms with Crippen LogP contribution >= 0.6 is 0 Å². The molecule has 0 unspecified atom stereocenters. The minimum absolute atomic E-state index is 0.130. The zero-order valence-corrected chi connectivity index (χ0v) is 17.4. The second kappa shape index (κ2) is 7.99. The standard InChI is InChI=1S/C26H24N2O2/c1-17-7-6-9-21(13-17)26(30)28(23-12-11-18(2)19(3)14-23)16-22-15-20-8-4-5-10-24(20)27-25(22)29/h4-15H,16H2,1-3H3,(H,27,29). The lowest BCUT2D eigenvalue weighted by molar-refractivity contribution is 0.0985. The lowest BCUT2D eigenvalue weighted by atomic mass is 10.1. The molecule has 1 N–H and O–H groups in total. The highest BCUT2D eigenvalue weighted by molar-refractivity contribution is 6.06. The fraction of sp³-hybridized carbons (Fsp3) is 0.154. The largest absolute Gasteiger partial charge is 0.322 e. The highest BCUT2D eigenvalue weighted by Gasteiger charge is 2.20. The van der Waals surface area contributed by atoms with Crippen LogP contribution in [0.2, 0.25) is 0 Å². The summed E-state index contributed by atoms with van der Waals surface area (Å²) in [5.41, 5.74) is 5.81. The fourth-order valence-corrected chi connectivity index (χ4v) is 3.59. The molecule has 30 heavy (non-hydrogen) atoms. The number of aromatic amines is 1. The normalized spacial score (nSPS) is 10.9. The molecule has 0 radical (unpaired) electrons. The third kappa shape index (κ3) is 3.90. The van der Waals surface area contributed by atoms with E-state index in [4.69, 9.17) is 0 Å². The van der Waals surface area contributed by atoms with Gasteiger partial charge in [0.15, 0.2) is 0 Å². The van der Waals surface area contributed by atoms with Gasteiger partial charge in [-0.15, -0.1) is 0 Å². The summed E-state index contributed by atoms with van der Waals surface area (Å²) < 4.78 is 0. The Morgan fingerprint density at radius 1 is 0.867 bits per heavy atom. The van der Waals surface area contributed by atoms with Crippen molar-refractivity contribution in [1.82, 2.24) is 4.98 Å². The van der Waals surface area contributed by atoms with Gasteiger partial charge < -0.3 is 9.88 Å². The quantitative estimate of drug-likeness (QED) is 0.509. The van der Waals surface area contributed by atoms with Gasteiger partial charge in [-0.1, -0.05) is 42.0 Å². The molecule has 1 aromatic heterocycles. The number of aromatic nitrogens is 1. The zero-order valence-electron chi connectivity index (χ0n) is 17.4. The van der Waals surface area contributed by atoms with E-state index in [-0.39, 0.29) is 18.0 Å². The number of carbonyl (C=O) groups excluding carboxylic acids is 1. The molecule has 1 heterocycles. The third-order valence-electron chi connectivity index (χ3n) is 5.47. The number of anilines is 1. The van der Waals surface area contributed by atoms with Crippen molar-refractivity contribution in [2.75, 3.05) is 4.90 Å². The first-order valence-electron chi connectivity index (χ1n) is 9.99. The number of rotatable bonds is 4. The van der Waals surface area contributed by atoms with Gasteiger partial charge >= 0.3 is 0 Å². The predicted octanol–water partition coefficient (Wildman–Crippen LogP) is 5.30. The number of amides is 1. The molecule has 0 aliphatic carbocycles. The van der Waals surface area contributed by atoms with Crippen molar-refractivity contribution < 1.29 is 4.79 Å². The Kier molecular flexibility index (Phi) is 5.23. The van der Waals surface area contributed by atoms with Gasteiger partial charge in [0.05, 0.1) is 6.54 Å². The Morgan fingerprint density at radius 2 is 1.67 bits per heavy atom. The average molecular weight is 396 g/mol. The number of pyridine rings is 1. The Balaban J connectivity index is 1.81. The predicted molar refractivity (Wildman–Crippen MR) is 122 cm³/mol. The molecule has 0 bridgehead atoms. The monoisotopic (exact) mass is 396 g/mol. The summed E-state index contributed by atoms with van der Waals surface area (Å²) in [6.45, 7) is 6.22. The van der Waals surface area contributed by atoms with E-state index < -0.39 is 0 Å². The van der Waals surface area contributed by atoms with Crippen LogP contribution < -0.4 is 10.5 Å². The molecule has 1 amide bonds. The number of carbonyl (C=O) groups is 1. The number of hydrogen-bond donors (Lipinski definition) is 1. The van der Waals surface area contributed by atoms with Gasteiger partial charge in [0, 0.05) is 22.3 Å². The SMILES string of the molecule is Cc1cccc(C(=O)N(Cc2cc3ccccc3[nH]c2=O)c2ccc(C)c(C)c2)c1. The van der Waals surface area contributed by atoms with E-state index in [0.29, 0.717) is 11.1 Å². The molecule has 0 aliphatic heterocycles. The number of nitrogens with zero attached hydrogens (tertiary/aromatic N) is 1. The van der Waals surface area contributed by atoms with Crippen molar-refractivity contribution in [1.29, 1.82) is 0 Å². The molecule has 0 aliphatic rings. The van der Waals surface area contributed by atoms with Gasteiger partial charge in [-0.2, -0.15) is 0 Å². The van der Waals surface area contributed by atoms with E-state index in [1.807, 2.05) is 93.6 Å². The maximum absolute atomic E-state index is 13.5. The molecule has 150 valence electrons. The molecule has 3 aromatic carbocycles. The lowest BCUT2D eigenvalue weighted by Crippen LogP contribution is -2.33. The van der Waals surface area contributed by atoms with Gasteiger partial charge in [-0.3, -0.25) is 9.59 Å². The van der Waals surface area contributed by atoms with Gasteiger partial charge in [0.25, 0.3) is 11.5 Å². The molecule has 0 spiro atoms. The first-order valence-corrected chi connectivity index (χ1v) is 9.99. The lowest BCUT2D eigenvalue weighted by Gasteiger charge is -2.24. The van der Waals surface area contributed by atoms with Crippen molar-refractivity contribution in [2.24, 2.45) is 0 Å². The van der Waals surface area contributed by atoms with E-state index in [0.717, 1.165) is 33.3 Å².